The maximum atomic E-state index is 14.2. The van der Waals surface area contributed by atoms with Crippen molar-refractivity contribution in [3.63, 3.8) is 0 Å². The predicted molar refractivity (Wildman–Crippen MR) is 270 cm³/mol. The standard InChI is InChI=1S/C32H12BF24.C27H19N2O/c34-25(35,36)13-1-14(26(37,38)39)6-21(5-13)33(22-7-15(27(40,41)42)2-16(8-22)28(43,44)45,23-9-17(29(46,47)48)3-18(10-23)30(49,50)51)24-11-19(31(52,53)54)4-20(12-24)32(55,56)57;1-2-5-19(6-3-1)17-29-16-15-28-25(18-29)30-24-14-12-22-10-9-20-7-4-8-21-11-13-23(24)27(22)26(20)21/h1-12H;1-16,18H,17H2/q-1;+1. The highest BCUT2D eigenvalue weighted by atomic mass is 19.4. The molecule has 1 heterocycles. The molecule has 28 heteroatoms. The van der Waals surface area contributed by atoms with Crippen molar-refractivity contribution in [3.05, 3.63) is 226 Å². The van der Waals surface area contributed by atoms with Gasteiger partial charge in [-0.25, -0.2) is 4.98 Å². The van der Waals surface area contributed by atoms with E-state index in [1.807, 2.05) is 24.5 Å². The maximum Gasteiger partial charge on any atom is 0.416 e. The van der Waals surface area contributed by atoms with E-state index in [2.05, 4.69) is 82.3 Å². The third-order valence-corrected chi connectivity index (χ3v) is 14.1. The Kier molecular flexibility index (Phi) is 15.8. The summed E-state index contributed by atoms with van der Waals surface area (Å²) in [6.45, 7) is 0.776. The Bertz CT molecular complexity index is 3720. The molecule has 0 aliphatic heterocycles. The average Bonchev–Trinajstić information content (AvgIpc) is 0.745. The van der Waals surface area contributed by atoms with Gasteiger partial charge in [-0.2, -0.15) is 132 Å². The first-order valence-corrected chi connectivity index (χ1v) is 24.7. The second-order valence-corrected chi connectivity index (χ2v) is 19.8. The third kappa shape index (κ3) is 13.2. The van der Waals surface area contributed by atoms with Crippen molar-refractivity contribution >= 4 is 60.3 Å². The van der Waals surface area contributed by atoms with Gasteiger partial charge in [-0.1, -0.05) is 121 Å². The second-order valence-electron chi connectivity index (χ2n) is 19.8. The van der Waals surface area contributed by atoms with Crippen molar-refractivity contribution in [2.75, 3.05) is 0 Å². The Balaban J connectivity index is 0.000000248. The minimum atomic E-state index is -6.13. The van der Waals surface area contributed by atoms with E-state index in [1.54, 1.807) is 6.20 Å². The number of ether oxygens (including phenoxy) is 1. The van der Waals surface area contributed by atoms with Crippen LogP contribution in [0.5, 0.6) is 11.6 Å². The van der Waals surface area contributed by atoms with Crippen molar-refractivity contribution in [2.45, 2.75) is 56.0 Å². The molecule has 0 N–H and O–H groups in total. The molecule has 1 aromatic heterocycles. The van der Waals surface area contributed by atoms with Crippen LogP contribution in [0, 0.1) is 0 Å². The van der Waals surface area contributed by atoms with E-state index in [0.717, 1.165) is 17.7 Å². The number of benzene rings is 9. The SMILES string of the molecule is FC(F)(F)c1cc([B-](c2cc(C(F)(F)F)cc(C(F)(F)F)c2)(c2cc(C(F)(F)F)cc(C(F)(F)F)c2)c2cc(C(F)(F)F)cc(C(F)(F)F)c2)cc(C(F)(F)F)c1.c1ccc(C[n+]2ccnc(Oc3ccc4ccc5cccc6ccc3c4c56)c2)cc1. The van der Waals surface area contributed by atoms with Gasteiger partial charge in [0.25, 0.3) is 5.88 Å². The van der Waals surface area contributed by atoms with Crippen LogP contribution in [0.3, 0.4) is 0 Å². The van der Waals surface area contributed by atoms with E-state index in [0.29, 0.717) is 5.88 Å². The Morgan fingerprint density at radius 1 is 0.345 bits per heavy atom. The molecule has 0 unspecified atom stereocenters. The molecule has 3 nitrogen and oxygen atoms in total. The number of nitrogens with zero attached hydrogens (tertiary/aromatic N) is 2. The number of hydrogen-bond acceptors (Lipinski definition) is 2. The van der Waals surface area contributed by atoms with E-state index < -0.39 is 195 Å². The highest BCUT2D eigenvalue weighted by Gasteiger charge is 2.47. The number of hydrogen-bond donors (Lipinski definition) is 0. The predicted octanol–water partition coefficient (Wildman–Crippen LogP) is 17.3. The van der Waals surface area contributed by atoms with Gasteiger partial charge >= 0.3 is 49.4 Å². The van der Waals surface area contributed by atoms with E-state index in [1.165, 1.54) is 32.5 Å². The van der Waals surface area contributed by atoms with Crippen molar-refractivity contribution in [1.82, 2.24) is 4.98 Å². The molecule has 0 radical (unpaired) electrons. The van der Waals surface area contributed by atoms with Crippen molar-refractivity contribution < 1.29 is 115 Å². The number of aromatic nitrogens is 2. The number of alkyl halides is 24. The van der Waals surface area contributed by atoms with E-state index in [9.17, 15) is 105 Å². The van der Waals surface area contributed by atoms with E-state index in [-0.39, 0.29) is 0 Å². The summed E-state index contributed by atoms with van der Waals surface area (Å²) >= 11 is 0. The summed E-state index contributed by atoms with van der Waals surface area (Å²) in [5.41, 5.74) is -29.0. The zero-order chi connectivity index (χ0) is 63.8. The largest absolute Gasteiger partial charge is 0.434 e. The van der Waals surface area contributed by atoms with Crippen molar-refractivity contribution in [3.8, 4) is 11.6 Å². The normalized spacial score (nSPS) is 13.3. The van der Waals surface area contributed by atoms with E-state index >= 15 is 0 Å². The van der Waals surface area contributed by atoms with Gasteiger partial charge in [-0.15, -0.1) is 0 Å². The summed E-state index contributed by atoms with van der Waals surface area (Å²) in [6, 6.07) is 20.9. The van der Waals surface area contributed by atoms with Crippen molar-refractivity contribution in [2.24, 2.45) is 0 Å². The summed E-state index contributed by atoms with van der Waals surface area (Å²) < 4.78 is 349. The van der Waals surface area contributed by atoms with Crippen LogP contribution in [0.2, 0.25) is 0 Å². The highest BCUT2D eigenvalue weighted by molar-refractivity contribution is 7.20. The average molecular weight is 1250 g/mol. The Morgan fingerprint density at radius 3 is 1.01 bits per heavy atom. The highest BCUT2D eigenvalue weighted by Crippen LogP contribution is 2.43. The Labute approximate surface area is 472 Å². The minimum Gasteiger partial charge on any atom is -0.434 e. The fourth-order valence-corrected chi connectivity index (χ4v) is 10.3. The summed E-state index contributed by atoms with van der Waals surface area (Å²) in [4.78, 5) is 4.44. The van der Waals surface area contributed by atoms with Gasteiger partial charge in [0.2, 0.25) is 6.20 Å². The van der Waals surface area contributed by atoms with Crippen molar-refractivity contribution in [1.29, 1.82) is 0 Å². The molecule has 0 saturated heterocycles. The molecule has 0 atom stereocenters. The van der Waals surface area contributed by atoms with Crippen LogP contribution in [0.4, 0.5) is 105 Å². The lowest BCUT2D eigenvalue weighted by atomic mass is 9.12. The molecule has 454 valence electrons. The zero-order valence-electron chi connectivity index (χ0n) is 42.9. The molecule has 0 amide bonds. The smallest absolute Gasteiger partial charge is 0.416 e. The van der Waals surface area contributed by atoms with Crippen LogP contribution in [0.1, 0.15) is 50.1 Å². The van der Waals surface area contributed by atoms with Gasteiger partial charge < -0.3 is 4.74 Å². The van der Waals surface area contributed by atoms with Crippen LogP contribution in [-0.4, -0.2) is 11.1 Å². The number of rotatable bonds is 8. The van der Waals surface area contributed by atoms with Crippen LogP contribution in [0.25, 0.3) is 32.3 Å². The molecule has 87 heavy (non-hydrogen) atoms. The molecule has 0 fully saturated rings. The molecule has 9 aromatic carbocycles. The Morgan fingerprint density at radius 2 is 0.667 bits per heavy atom. The minimum absolute atomic E-state index is 0.587. The molecule has 0 saturated carbocycles. The van der Waals surface area contributed by atoms with Crippen LogP contribution >= 0.6 is 0 Å². The molecular weight excluding hydrogens is 1220 g/mol. The van der Waals surface area contributed by atoms with E-state index in [4.69, 9.17) is 4.74 Å². The fraction of sp³-hybridized carbons (Fsp3) is 0.153. The second kappa shape index (κ2) is 21.9. The first-order valence-electron chi connectivity index (χ1n) is 24.7. The quantitative estimate of drug-likeness (QED) is 0.0656. The van der Waals surface area contributed by atoms with Crippen LogP contribution in [-0.2, 0) is 56.0 Å². The lowest BCUT2D eigenvalue weighted by Crippen LogP contribution is -2.75. The fourth-order valence-electron chi connectivity index (χ4n) is 10.3. The summed E-state index contributed by atoms with van der Waals surface area (Å²) in [5.74, 6) is 1.41. The maximum absolute atomic E-state index is 14.2. The first kappa shape index (κ1) is 62.8. The monoisotopic (exact) mass is 1250 g/mol. The topological polar surface area (TPSA) is 26.0 Å². The molecule has 0 spiro atoms. The molecule has 0 aliphatic carbocycles. The Hall–Kier alpha value is -8.72. The molecule has 10 aromatic rings. The van der Waals surface area contributed by atoms with Crippen LogP contribution in [0.15, 0.2) is 176 Å². The van der Waals surface area contributed by atoms with Gasteiger partial charge in [-0.05, 0) is 57.9 Å². The van der Waals surface area contributed by atoms with Crippen LogP contribution < -0.4 is 31.2 Å². The molecular formula is C59H31BF24N2O. The molecule has 0 bridgehead atoms. The third-order valence-electron chi connectivity index (χ3n) is 14.1. The lowest BCUT2D eigenvalue weighted by Gasteiger charge is -2.46. The summed E-state index contributed by atoms with van der Waals surface area (Å²) in [6.07, 6.45) is -49.1. The van der Waals surface area contributed by atoms with Gasteiger partial charge in [0.15, 0.2) is 12.7 Å². The van der Waals surface area contributed by atoms with Gasteiger partial charge in [-0.3, -0.25) is 0 Å². The summed E-state index contributed by atoms with van der Waals surface area (Å²) in [5, 5.41) is 7.37. The first-order chi connectivity index (χ1) is 40.1. The lowest BCUT2D eigenvalue weighted by molar-refractivity contribution is -0.689. The van der Waals surface area contributed by atoms with Gasteiger partial charge in [0.05, 0.1) is 50.7 Å². The summed E-state index contributed by atoms with van der Waals surface area (Å²) in [7, 11) is 0. The molecule has 10 rings (SSSR count). The zero-order valence-corrected chi connectivity index (χ0v) is 42.9. The van der Waals surface area contributed by atoms with Gasteiger partial charge in [0.1, 0.15) is 11.9 Å². The van der Waals surface area contributed by atoms with Gasteiger partial charge in [0, 0.05) is 16.3 Å². The molecule has 0 aliphatic rings. The number of halogens is 24.